The summed E-state index contributed by atoms with van der Waals surface area (Å²) >= 11 is 12.5. The van der Waals surface area contributed by atoms with Gasteiger partial charge in [0.15, 0.2) is 5.69 Å². The number of nitrogens with zero attached hydrogens (tertiary/aromatic N) is 4. The van der Waals surface area contributed by atoms with Crippen molar-refractivity contribution in [3.63, 3.8) is 0 Å². The van der Waals surface area contributed by atoms with E-state index >= 15 is 0 Å². The smallest absolute Gasteiger partial charge is 0.453 e. The highest BCUT2D eigenvalue weighted by Gasteiger charge is 2.45. The van der Waals surface area contributed by atoms with Crippen molar-refractivity contribution in [1.82, 2.24) is 15.1 Å². The first kappa shape index (κ1) is 29.9. The van der Waals surface area contributed by atoms with Crippen LogP contribution in [0.25, 0.3) is 28.2 Å². The second-order valence-electron chi connectivity index (χ2n) is 12.1. The quantitative estimate of drug-likeness (QED) is 0.219. The molecule has 3 fully saturated rings. The molecule has 3 aromatic heterocycles. The third-order valence-corrected chi connectivity index (χ3v) is 9.71. The van der Waals surface area contributed by atoms with Crippen molar-refractivity contribution in [3.8, 4) is 17.0 Å². The van der Waals surface area contributed by atoms with Crippen LogP contribution < -0.4 is 9.64 Å². The predicted octanol–water partition coefficient (Wildman–Crippen LogP) is 8.70. The maximum absolute atomic E-state index is 13.9. The van der Waals surface area contributed by atoms with E-state index in [2.05, 4.69) is 20.0 Å². The van der Waals surface area contributed by atoms with E-state index in [-0.39, 0.29) is 44.1 Å². The number of hydrogen-bond acceptors (Lipinski definition) is 7. The van der Waals surface area contributed by atoms with E-state index in [1.54, 1.807) is 0 Å². The SMILES string of the molecule is O=C(O)c1cc(OC2CCC2)c2cc(N3CCC4(CC3)CC(=Cc3c(-c5c(Cl)cncc5Cl)noc3C(F)(F)F)C4)ccc2n1. The van der Waals surface area contributed by atoms with Gasteiger partial charge in [0.1, 0.15) is 11.4 Å². The molecule has 8 nitrogen and oxygen atoms in total. The van der Waals surface area contributed by atoms with Crippen molar-refractivity contribution >= 4 is 51.8 Å². The second kappa shape index (κ2) is 11.2. The summed E-state index contributed by atoms with van der Waals surface area (Å²) in [7, 11) is 0. The molecule has 0 atom stereocenters. The highest BCUT2D eigenvalue weighted by molar-refractivity contribution is 6.39. The number of benzene rings is 1. The average Bonchev–Trinajstić information content (AvgIpc) is 3.37. The van der Waals surface area contributed by atoms with Gasteiger partial charge in [-0.25, -0.2) is 9.78 Å². The zero-order chi connectivity index (χ0) is 31.5. The van der Waals surface area contributed by atoms with Crippen LogP contribution >= 0.6 is 23.2 Å². The van der Waals surface area contributed by atoms with Gasteiger partial charge in [-0.1, -0.05) is 33.9 Å². The van der Waals surface area contributed by atoms with Crippen LogP contribution in [-0.4, -0.2) is 45.4 Å². The summed E-state index contributed by atoms with van der Waals surface area (Å²) in [5, 5.41) is 14.2. The Bertz CT molecular complexity index is 1820. The number of allylic oxidation sites excluding steroid dienone is 1. The molecule has 4 aromatic rings. The Morgan fingerprint density at radius 2 is 1.82 bits per heavy atom. The molecule has 1 spiro atoms. The van der Waals surface area contributed by atoms with Crippen LogP contribution in [0.15, 0.2) is 46.8 Å². The van der Waals surface area contributed by atoms with Crippen molar-refractivity contribution < 1.29 is 32.3 Å². The number of hydrogen-bond donors (Lipinski definition) is 1. The Morgan fingerprint density at radius 1 is 1.11 bits per heavy atom. The van der Waals surface area contributed by atoms with E-state index in [4.69, 9.17) is 32.5 Å². The lowest BCUT2D eigenvalue weighted by Crippen LogP contribution is -2.44. The van der Waals surface area contributed by atoms with Gasteiger partial charge in [-0.15, -0.1) is 0 Å². The molecule has 1 aliphatic heterocycles. The number of piperidine rings is 1. The molecular formula is C32H27Cl2F3N4O4. The molecular weight excluding hydrogens is 632 g/mol. The zero-order valence-corrected chi connectivity index (χ0v) is 25.3. The number of carboxylic acid groups (broad SMARTS) is 1. The Hall–Kier alpha value is -3.83. The van der Waals surface area contributed by atoms with E-state index < -0.39 is 17.9 Å². The number of ether oxygens (including phenoxy) is 1. The molecule has 13 heteroatoms. The van der Waals surface area contributed by atoms with Crippen molar-refractivity contribution in [2.24, 2.45) is 5.41 Å². The fourth-order valence-corrected chi connectivity index (χ4v) is 7.06. The maximum atomic E-state index is 13.9. The van der Waals surface area contributed by atoms with Crippen LogP contribution in [0.4, 0.5) is 18.9 Å². The number of rotatable bonds is 6. The first-order valence-electron chi connectivity index (χ1n) is 14.7. The van der Waals surface area contributed by atoms with Gasteiger partial charge in [0, 0.05) is 48.2 Å². The van der Waals surface area contributed by atoms with Crippen LogP contribution in [-0.2, 0) is 6.18 Å². The molecule has 1 N–H and O–H groups in total. The number of halogens is 5. The second-order valence-corrected chi connectivity index (χ2v) is 12.9. The minimum atomic E-state index is -4.75. The largest absolute Gasteiger partial charge is 0.490 e. The van der Waals surface area contributed by atoms with Gasteiger partial charge in [-0.2, -0.15) is 13.2 Å². The average molecular weight is 659 g/mol. The molecule has 7 rings (SSSR count). The van der Waals surface area contributed by atoms with Crippen molar-refractivity contribution in [1.29, 1.82) is 0 Å². The molecule has 0 unspecified atom stereocenters. The molecule has 0 bridgehead atoms. The fourth-order valence-electron chi connectivity index (χ4n) is 6.52. The number of alkyl halides is 3. The lowest BCUT2D eigenvalue weighted by atomic mass is 9.60. The van der Waals surface area contributed by atoms with E-state index in [1.807, 2.05) is 18.2 Å². The van der Waals surface area contributed by atoms with Crippen LogP contribution in [0, 0.1) is 5.41 Å². The molecule has 0 radical (unpaired) electrons. The summed E-state index contributed by atoms with van der Waals surface area (Å²) < 4.78 is 52.6. The van der Waals surface area contributed by atoms with Gasteiger partial charge in [-0.3, -0.25) is 4.98 Å². The fraction of sp³-hybridized carbons (Fsp3) is 0.375. The topological polar surface area (TPSA) is 102 Å². The summed E-state index contributed by atoms with van der Waals surface area (Å²) in [6, 6.07) is 7.28. The first-order valence-corrected chi connectivity index (χ1v) is 15.4. The van der Waals surface area contributed by atoms with Crippen molar-refractivity contribution in [2.75, 3.05) is 18.0 Å². The molecule has 4 heterocycles. The molecule has 0 amide bonds. The Labute approximate surface area is 265 Å². The third-order valence-electron chi connectivity index (χ3n) is 9.14. The molecule has 1 saturated heterocycles. The Balaban J connectivity index is 1.09. The number of carboxylic acids is 1. The standard InChI is InChI=1S/C32H27Cl2F3N4O4/c33-22-15-38-16-23(34)27(22)28-21(29(45-40-28)32(35,36)37)10-17-13-31(14-17)6-8-41(9-7-31)18-4-5-24-20(11-18)26(44-19-2-1-3-19)12-25(39-24)30(42)43/h4-5,10-12,15-16,19H,1-3,6-9,13-14H2,(H,42,43). The molecule has 3 aliphatic rings. The van der Waals surface area contributed by atoms with E-state index in [0.717, 1.165) is 61.8 Å². The van der Waals surface area contributed by atoms with Crippen molar-refractivity contribution in [3.05, 3.63) is 69.3 Å². The highest BCUT2D eigenvalue weighted by atomic mass is 35.5. The number of pyridine rings is 2. The normalized spacial score (nSPS) is 18.2. The zero-order valence-electron chi connectivity index (χ0n) is 23.8. The van der Waals surface area contributed by atoms with Gasteiger partial charge in [0.25, 0.3) is 0 Å². The summed E-state index contributed by atoms with van der Waals surface area (Å²) in [5.41, 5.74) is 2.28. The molecule has 2 saturated carbocycles. The third kappa shape index (κ3) is 5.61. The predicted molar refractivity (Wildman–Crippen MR) is 163 cm³/mol. The van der Waals surface area contributed by atoms with Crippen LogP contribution in [0.3, 0.4) is 0 Å². The number of carbonyl (C=O) groups is 1. The minimum Gasteiger partial charge on any atom is -0.490 e. The van der Waals surface area contributed by atoms with E-state index in [1.165, 1.54) is 24.5 Å². The monoisotopic (exact) mass is 658 g/mol. The van der Waals surface area contributed by atoms with E-state index in [9.17, 15) is 23.1 Å². The highest BCUT2D eigenvalue weighted by Crippen LogP contribution is 2.54. The van der Waals surface area contributed by atoms with E-state index in [0.29, 0.717) is 24.1 Å². The lowest BCUT2D eigenvalue weighted by molar-refractivity contribution is -0.155. The number of fused-ring (bicyclic) bond motifs is 1. The van der Waals surface area contributed by atoms with Gasteiger partial charge in [-0.05, 0) is 74.6 Å². The molecule has 234 valence electrons. The van der Waals surface area contributed by atoms with Crippen LogP contribution in [0.5, 0.6) is 5.75 Å². The molecule has 2 aliphatic carbocycles. The number of aromatic carboxylic acids is 1. The molecule has 45 heavy (non-hydrogen) atoms. The van der Waals surface area contributed by atoms with Crippen LogP contribution in [0.2, 0.25) is 10.0 Å². The summed E-state index contributed by atoms with van der Waals surface area (Å²) in [5.74, 6) is -1.76. The molecule has 1 aromatic carbocycles. The summed E-state index contributed by atoms with van der Waals surface area (Å²) in [4.78, 5) is 22.1. The number of anilines is 1. The summed E-state index contributed by atoms with van der Waals surface area (Å²) in [6.07, 6.45) is 5.50. The minimum absolute atomic E-state index is 0.00268. The number of aromatic nitrogens is 3. The lowest BCUT2D eigenvalue weighted by Gasteiger charge is -2.50. The van der Waals surface area contributed by atoms with Gasteiger partial charge in [0.2, 0.25) is 5.76 Å². The first-order chi connectivity index (χ1) is 21.5. The Morgan fingerprint density at radius 3 is 2.44 bits per heavy atom. The van der Waals surface area contributed by atoms with Gasteiger partial charge >= 0.3 is 12.1 Å². The maximum Gasteiger partial charge on any atom is 0.453 e. The van der Waals surface area contributed by atoms with Gasteiger partial charge < -0.3 is 19.3 Å². The Kier molecular flexibility index (Phi) is 7.43. The van der Waals surface area contributed by atoms with Gasteiger partial charge in [0.05, 0.1) is 27.2 Å². The van der Waals surface area contributed by atoms with Crippen LogP contribution in [0.1, 0.15) is 66.8 Å². The summed E-state index contributed by atoms with van der Waals surface area (Å²) in [6.45, 7) is 1.54. The van der Waals surface area contributed by atoms with Crippen molar-refractivity contribution in [2.45, 2.75) is 57.2 Å².